The van der Waals surface area contributed by atoms with Crippen LogP contribution in [0.25, 0.3) is 0 Å². The second-order valence-electron chi connectivity index (χ2n) is 7.63. The molecule has 1 heterocycles. The zero-order chi connectivity index (χ0) is 21.8. The van der Waals surface area contributed by atoms with E-state index < -0.39 is 17.4 Å². The molecule has 1 atom stereocenters. The van der Waals surface area contributed by atoms with Crippen molar-refractivity contribution in [2.45, 2.75) is 17.9 Å². The lowest BCUT2D eigenvalue weighted by Crippen LogP contribution is -2.35. The molecule has 4 rings (SSSR count). The molecule has 0 fully saturated rings. The van der Waals surface area contributed by atoms with Gasteiger partial charge in [0.1, 0.15) is 17.3 Å². The van der Waals surface area contributed by atoms with Gasteiger partial charge in [-0.15, -0.1) is 0 Å². The molecular weight excluding hydrogens is 386 g/mol. The summed E-state index contributed by atoms with van der Waals surface area (Å²) in [6.07, 6.45) is 1.94. The van der Waals surface area contributed by atoms with E-state index in [0.717, 1.165) is 28.2 Å². The summed E-state index contributed by atoms with van der Waals surface area (Å²) in [5, 5.41) is 9.28. The lowest BCUT2D eigenvalue weighted by atomic mass is 9.68. The van der Waals surface area contributed by atoms with E-state index in [1.165, 1.54) is 0 Å². The van der Waals surface area contributed by atoms with Crippen LogP contribution < -0.4 is 5.73 Å². The van der Waals surface area contributed by atoms with Crippen LogP contribution in [-0.4, -0.2) is 26.7 Å². The molecule has 1 unspecified atom stereocenters. The summed E-state index contributed by atoms with van der Waals surface area (Å²) >= 11 is 0. The molecule has 0 saturated heterocycles. The Morgan fingerprint density at radius 3 is 1.71 bits per heavy atom. The quantitative estimate of drug-likeness (QED) is 0.454. The first-order chi connectivity index (χ1) is 15.0. The lowest BCUT2D eigenvalue weighted by molar-refractivity contribution is -0.138. The average molecular weight is 412 g/mol. The fourth-order valence-electron chi connectivity index (χ4n) is 4.25. The van der Waals surface area contributed by atoms with Gasteiger partial charge in [-0.2, -0.15) is 0 Å². The molecule has 0 amide bonds. The van der Waals surface area contributed by atoms with Gasteiger partial charge in [0.2, 0.25) is 0 Å². The van der Waals surface area contributed by atoms with Gasteiger partial charge in [0.15, 0.2) is 0 Å². The largest absolute Gasteiger partial charge is 0.480 e. The van der Waals surface area contributed by atoms with Gasteiger partial charge in [-0.25, -0.2) is 4.98 Å². The van der Waals surface area contributed by atoms with E-state index in [2.05, 4.69) is 36.4 Å². The molecule has 0 aliphatic rings. The van der Waals surface area contributed by atoms with E-state index in [4.69, 9.17) is 10.7 Å². The minimum atomic E-state index is -1.02. The number of nitrogens with zero attached hydrogens (tertiary/aromatic N) is 2. The third kappa shape index (κ3) is 3.64. The molecule has 1 aromatic heterocycles. The van der Waals surface area contributed by atoms with Crippen molar-refractivity contribution in [3.05, 3.63) is 125 Å². The van der Waals surface area contributed by atoms with Gasteiger partial charge in [0.05, 0.1) is 0 Å². The van der Waals surface area contributed by atoms with Crippen LogP contribution in [0.5, 0.6) is 0 Å². The molecule has 4 aromatic rings. The van der Waals surface area contributed by atoms with E-state index in [9.17, 15) is 9.90 Å². The summed E-state index contributed by atoms with van der Waals surface area (Å²) in [6.45, 7) is 0. The molecule has 0 bridgehead atoms. The van der Waals surface area contributed by atoms with Crippen molar-refractivity contribution >= 4 is 5.97 Å². The number of hydrogen-bond acceptors (Lipinski definition) is 3. The van der Waals surface area contributed by atoms with E-state index in [-0.39, 0.29) is 6.42 Å². The highest BCUT2D eigenvalue weighted by Gasteiger charge is 2.42. The Balaban J connectivity index is 2.03. The van der Waals surface area contributed by atoms with Crippen LogP contribution in [0.1, 0.15) is 28.2 Å². The van der Waals surface area contributed by atoms with Crippen LogP contribution in [0.3, 0.4) is 0 Å². The average Bonchev–Trinajstić information content (AvgIpc) is 3.17. The number of benzene rings is 3. The van der Waals surface area contributed by atoms with Crippen molar-refractivity contribution in [3.8, 4) is 0 Å². The third-order valence-electron chi connectivity index (χ3n) is 5.79. The second kappa shape index (κ2) is 8.58. The molecule has 0 aliphatic carbocycles. The molecule has 3 aromatic carbocycles. The van der Waals surface area contributed by atoms with Crippen molar-refractivity contribution in [1.82, 2.24) is 9.55 Å². The maximum Gasteiger partial charge on any atom is 0.320 e. The second-order valence-corrected chi connectivity index (χ2v) is 7.63. The molecule has 0 aliphatic heterocycles. The fraction of sp³-hybridized carbons (Fsp3) is 0.154. The van der Waals surface area contributed by atoms with Gasteiger partial charge in [-0.1, -0.05) is 91.0 Å². The van der Waals surface area contributed by atoms with Crippen molar-refractivity contribution < 1.29 is 9.90 Å². The van der Waals surface area contributed by atoms with Crippen molar-refractivity contribution in [2.75, 3.05) is 0 Å². The highest BCUT2D eigenvalue weighted by Crippen LogP contribution is 2.44. The minimum absolute atomic E-state index is 0.202. The SMILES string of the molecule is Cn1c(CC(N)C(=O)O)cnc1C(c1ccccc1)(c1ccccc1)c1ccccc1. The normalized spacial score (nSPS) is 12.5. The van der Waals surface area contributed by atoms with Crippen LogP contribution in [0.15, 0.2) is 97.2 Å². The lowest BCUT2D eigenvalue weighted by Gasteiger charge is -2.35. The van der Waals surface area contributed by atoms with Crippen LogP contribution >= 0.6 is 0 Å². The van der Waals surface area contributed by atoms with Gasteiger partial charge in [0.25, 0.3) is 0 Å². The summed E-state index contributed by atoms with van der Waals surface area (Å²) < 4.78 is 1.98. The summed E-state index contributed by atoms with van der Waals surface area (Å²) in [5.41, 5.74) is 9.16. The molecule has 156 valence electrons. The summed E-state index contributed by atoms with van der Waals surface area (Å²) in [4.78, 5) is 16.2. The predicted molar refractivity (Wildman–Crippen MR) is 121 cm³/mol. The number of hydrogen-bond donors (Lipinski definition) is 2. The molecule has 5 heteroatoms. The molecule has 0 spiro atoms. The van der Waals surface area contributed by atoms with E-state index in [1.807, 2.05) is 66.2 Å². The monoisotopic (exact) mass is 411 g/mol. The number of carbonyl (C=O) groups is 1. The van der Waals surface area contributed by atoms with Crippen LogP contribution in [0.2, 0.25) is 0 Å². The van der Waals surface area contributed by atoms with Gasteiger partial charge >= 0.3 is 5.97 Å². The Morgan fingerprint density at radius 1 is 0.903 bits per heavy atom. The summed E-state index contributed by atoms with van der Waals surface area (Å²) in [7, 11) is 1.93. The highest BCUT2D eigenvalue weighted by atomic mass is 16.4. The number of imidazole rings is 1. The zero-order valence-corrected chi connectivity index (χ0v) is 17.3. The smallest absolute Gasteiger partial charge is 0.320 e. The molecule has 31 heavy (non-hydrogen) atoms. The standard InChI is InChI=1S/C26H25N3O2/c1-29-22(17-23(27)24(30)31)18-28-25(29)26(19-11-5-2-6-12-19,20-13-7-3-8-14-20)21-15-9-4-10-16-21/h2-16,18,23H,17,27H2,1H3,(H,30,31). The predicted octanol–water partition coefficient (Wildman–Crippen LogP) is 3.76. The Morgan fingerprint density at radius 2 is 1.32 bits per heavy atom. The number of aromatic nitrogens is 2. The van der Waals surface area contributed by atoms with E-state index in [1.54, 1.807) is 6.20 Å². The molecule has 0 saturated carbocycles. The maximum absolute atomic E-state index is 11.3. The summed E-state index contributed by atoms with van der Waals surface area (Å²) in [6, 6.07) is 29.8. The Bertz CT molecular complexity index is 1060. The number of aliphatic carboxylic acids is 1. The number of rotatable bonds is 7. The van der Waals surface area contributed by atoms with Crippen molar-refractivity contribution in [2.24, 2.45) is 12.8 Å². The van der Waals surface area contributed by atoms with Crippen molar-refractivity contribution in [3.63, 3.8) is 0 Å². The highest BCUT2D eigenvalue weighted by molar-refractivity contribution is 5.73. The maximum atomic E-state index is 11.3. The molecule has 0 radical (unpaired) electrons. The van der Waals surface area contributed by atoms with Gasteiger partial charge < -0.3 is 15.4 Å². The fourth-order valence-corrected chi connectivity index (χ4v) is 4.25. The third-order valence-corrected chi connectivity index (χ3v) is 5.79. The number of carboxylic acids is 1. The van der Waals surface area contributed by atoms with Crippen LogP contribution in [0, 0.1) is 0 Å². The first-order valence-electron chi connectivity index (χ1n) is 10.2. The first-order valence-corrected chi connectivity index (χ1v) is 10.2. The Labute approximate surface area is 181 Å². The number of carboxylic acid groups (broad SMARTS) is 1. The molecule has 5 nitrogen and oxygen atoms in total. The van der Waals surface area contributed by atoms with Crippen LogP contribution in [-0.2, 0) is 23.7 Å². The first kappa shape index (κ1) is 20.6. The molecule has 3 N–H and O–H groups in total. The van der Waals surface area contributed by atoms with E-state index in [0.29, 0.717) is 0 Å². The molecular formula is C26H25N3O2. The Hall–Kier alpha value is -3.70. The summed E-state index contributed by atoms with van der Waals surface area (Å²) in [5.74, 6) is -0.216. The zero-order valence-electron chi connectivity index (χ0n) is 17.3. The van der Waals surface area contributed by atoms with Crippen molar-refractivity contribution in [1.29, 1.82) is 0 Å². The van der Waals surface area contributed by atoms with Gasteiger partial charge in [-0.3, -0.25) is 4.79 Å². The minimum Gasteiger partial charge on any atom is -0.480 e. The van der Waals surface area contributed by atoms with Gasteiger partial charge in [-0.05, 0) is 16.7 Å². The van der Waals surface area contributed by atoms with Gasteiger partial charge in [0, 0.05) is 25.4 Å². The topological polar surface area (TPSA) is 81.1 Å². The Kier molecular flexibility index (Phi) is 5.69. The van der Waals surface area contributed by atoms with E-state index >= 15 is 0 Å². The number of nitrogens with two attached hydrogens (primary N) is 1. The van der Waals surface area contributed by atoms with Crippen LogP contribution in [0.4, 0.5) is 0 Å².